The van der Waals surface area contributed by atoms with Crippen LogP contribution >= 0.6 is 0 Å². The molecule has 1 rings (SSSR count). The quantitative estimate of drug-likeness (QED) is 0.804. The van der Waals surface area contributed by atoms with Crippen molar-refractivity contribution in [1.82, 2.24) is 10.2 Å². The van der Waals surface area contributed by atoms with E-state index >= 15 is 0 Å². The molecule has 19 heavy (non-hydrogen) atoms. The van der Waals surface area contributed by atoms with E-state index in [2.05, 4.69) is 31.0 Å². The third kappa shape index (κ3) is 5.49. The Bertz CT molecular complexity index is 289. The highest BCUT2D eigenvalue weighted by Crippen LogP contribution is 2.34. The molecule has 0 aliphatic carbocycles. The molecule has 1 aliphatic rings. The van der Waals surface area contributed by atoms with Crippen molar-refractivity contribution in [1.29, 1.82) is 0 Å². The molecule has 0 bridgehead atoms. The van der Waals surface area contributed by atoms with Gasteiger partial charge in [0.25, 0.3) is 0 Å². The molecule has 4 heteroatoms. The second-order valence-corrected chi connectivity index (χ2v) is 7.15. The molecule has 0 aromatic rings. The summed E-state index contributed by atoms with van der Waals surface area (Å²) in [5, 5.41) is 12.4. The fraction of sp³-hybridized carbons (Fsp3) is 0.933. The molecule has 2 N–H and O–H groups in total. The number of likely N-dealkylation sites (tertiary alicyclic amines) is 1. The number of nitrogens with zero attached hydrogens (tertiary/aromatic N) is 1. The Labute approximate surface area is 117 Å². The highest BCUT2D eigenvalue weighted by molar-refractivity contribution is 5.73. The van der Waals surface area contributed by atoms with E-state index in [1.807, 2.05) is 13.8 Å². The molecular weight excluding hydrogens is 240 g/mol. The number of hydrogen-bond acceptors (Lipinski definition) is 3. The number of piperidine rings is 1. The zero-order chi connectivity index (χ0) is 14.6. The Balaban J connectivity index is 2.44. The lowest BCUT2D eigenvalue weighted by Crippen LogP contribution is -2.50. The molecule has 1 aliphatic heterocycles. The molecule has 0 amide bonds. The highest BCUT2D eigenvalue weighted by atomic mass is 16.4. The van der Waals surface area contributed by atoms with Gasteiger partial charge >= 0.3 is 5.97 Å². The van der Waals surface area contributed by atoms with Gasteiger partial charge in [-0.05, 0) is 37.3 Å². The van der Waals surface area contributed by atoms with Crippen molar-refractivity contribution < 1.29 is 9.90 Å². The maximum Gasteiger partial charge on any atom is 0.322 e. The van der Waals surface area contributed by atoms with E-state index in [0.717, 1.165) is 19.0 Å². The largest absolute Gasteiger partial charge is 0.480 e. The summed E-state index contributed by atoms with van der Waals surface area (Å²) in [5.41, 5.74) is 0.370. The number of rotatable bonds is 5. The lowest BCUT2D eigenvalue weighted by Gasteiger charge is -2.39. The molecule has 4 nitrogen and oxygen atoms in total. The molecule has 0 spiro atoms. The van der Waals surface area contributed by atoms with Crippen LogP contribution in [0.1, 0.15) is 47.5 Å². The van der Waals surface area contributed by atoms with Crippen molar-refractivity contribution in [3.8, 4) is 0 Å². The summed E-state index contributed by atoms with van der Waals surface area (Å²) in [6.07, 6.45) is 2.36. The second-order valence-electron chi connectivity index (χ2n) is 7.15. The van der Waals surface area contributed by atoms with Crippen LogP contribution in [0.4, 0.5) is 0 Å². The molecule has 0 aromatic heterocycles. The summed E-state index contributed by atoms with van der Waals surface area (Å²) in [7, 11) is 0. The minimum Gasteiger partial charge on any atom is -0.480 e. The first-order chi connectivity index (χ1) is 8.70. The Morgan fingerprint density at radius 2 is 1.84 bits per heavy atom. The first-order valence-corrected chi connectivity index (χ1v) is 7.41. The predicted molar refractivity (Wildman–Crippen MR) is 78.3 cm³/mol. The van der Waals surface area contributed by atoms with Gasteiger partial charge in [0.15, 0.2) is 0 Å². The number of carboxylic acid groups (broad SMARTS) is 1. The van der Waals surface area contributed by atoms with Gasteiger partial charge in [-0.25, -0.2) is 0 Å². The number of hydrogen-bond donors (Lipinski definition) is 2. The van der Waals surface area contributed by atoms with Crippen LogP contribution < -0.4 is 5.32 Å². The van der Waals surface area contributed by atoms with Crippen LogP contribution in [0.25, 0.3) is 0 Å². The smallest absolute Gasteiger partial charge is 0.322 e. The van der Waals surface area contributed by atoms with Gasteiger partial charge in [-0.1, -0.05) is 34.6 Å². The summed E-state index contributed by atoms with van der Waals surface area (Å²) in [6, 6.07) is -0.251. The molecule has 1 heterocycles. The zero-order valence-corrected chi connectivity index (χ0v) is 13.1. The molecule has 0 aromatic carbocycles. The summed E-state index contributed by atoms with van der Waals surface area (Å²) in [5.74, 6) is 0.0109. The van der Waals surface area contributed by atoms with Crippen LogP contribution in [0, 0.1) is 11.3 Å². The molecule has 0 radical (unpaired) electrons. The molecule has 1 unspecified atom stereocenters. The van der Waals surface area contributed by atoms with E-state index in [4.69, 9.17) is 0 Å². The van der Waals surface area contributed by atoms with Crippen LogP contribution in [-0.4, -0.2) is 47.7 Å². The van der Waals surface area contributed by atoms with E-state index in [-0.39, 0.29) is 6.04 Å². The lowest BCUT2D eigenvalue weighted by molar-refractivity contribution is -0.140. The van der Waals surface area contributed by atoms with Gasteiger partial charge in [-0.3, -0.25) is 4.79 Å². The molecule has 112 valence electrons. The van der Waals surface area contributed by atoms with Crippen LogP contribution in [0.3, 0.4) is 0 Å². The van der Waals surface area contributed by atoms with Crippen LogP contribution in [-0.2, 0) is 4.79 Å². The summed E-state index contributed by atoms with van der Waals surface area (Å²) >= 11 is 0. The fourth-order valence-corrected chi connectivity index (χ4v) is 2.84. The van der Waals surface area contributed by atoms with Crippen molar-refractivity contribution in [2.45, 2.75) is 59.5 Å². The molecule has 1 atom stereocenters. The Kier molecular flexibility index (Phi) is 5.81. The number of carboxylic acids is 1. The first kappa shape index (κ1) is 16.4. The third-order valence-corrected chi connectivity index (χ3v) is 4.09. The van der Waals surface area contributed by atoms with Crippen LogP contribution in [0.2, 0.25) is 0 Å². The van der Waals surface area contributed by atoms with Gasteiger partial charge in [0.05, 0.1) is 0 Å². The van der Waals surface area contributed by atoms with Gasteiger partial charge in [0.1, 0.15) is 6.04 Å². The minimum absolute atomic E-state index is 0.202. The van der Waals surface area contributed by atoms with Crippen LogP contribution in [0.15, 0.2) is 0 Å². The highest BCUT2D eigenvalue weighted by Gasteiger charge is 2.30. The predicted octanol–water partition coefficient (Wildman–Crippen LogP) is 2.20. The maximum absolute atomic E-state index is 11.2. The second kappa shape index (κ2) is 6.71. The van der Waals surface area contributed by atoms with Crippen LogP contribution in [0.5, 0.6) is 0 Å². The maximum atomic E-state index is 11.2. The van der Waals surface area contributed by atoms with Gasteiger partial charge in [-0.2, -0.15) is 0 Å². The molecule has 1 fully saturated rings. The summed E-state index contributed by atoms with van der Waals surface area (Å²) < 4.78 is 0. The topological polar surface area (TPSA) is 52.6 Å². The van der Waals surface area contributed by atoms with Gasteiger partial charge in [0.2, 0.25) is 0 Å². The van der Waals surface area contributed by atoms with E-state index in [1.54, 1.807) is 0 Å². The van der Waals surface area contributed by atoms with E-state index in [9.17, 15) is 9.90 Å². The first-order valence-electron chi connectivity index (χ1n) is 7.41. The Morgan fingerprint density at radius 3 is 2.21 bits per heavy atom. The van der Waals surface area contributed by atoms with Crippen molar-refractivity contribution in [3.05, 3.63) is 0 Å². The van der Waals surface area contributed by atoms with Gasteiger partial charge in [0, 0.05) is 12.6 Å². The lowest BCUT2D eigenvalue weighted by atomic mass is 9.75. The minimum atomic E-state index is -0.744. The average molecular weight is 270 g/mol. The monoisotopic (exact) mass is 270 g/mol. The summed E-state index contributed by atoms with van der Waals surface area (Å²) in [6.45, 7) is 13.5. The molecule has 1 saturated heterocycles. The summed E-state index contributed by atoms with van der Waals surface area (Å²) in [4.78, 5) is 13.5. The van der Waals surface area contributed by atoms with Gasteiger partial charge < -0.3 is 15.3 Å². The Morgan fingerprint density at radius 1 is 1.32 bits per heavy atom. The third-order valence-electron chi connectivity index (χ3n) is 4.09. The van der Waals surface area contributed by atoms with Crippen molar-refractivity contribution in [2.24, 2.45) is 11.3 Å². The van der Waals surface area contributed by atoms with Crippen molar-refractivity contribution in [3.63, 3.8) is 0 Å². The average Bonchev–Trinajstić information content (AvgIpc) is 2.27. The number of nitrogens with one attached hydrogen (secondary N) is 1. The number of carbonyl (C=O) groups is 1. The Hall–Kier alpha value is -0.610. The van der Waals surface area contributed by atoms with Crippen molar-refractivity contribution >= 4 is 5.97 Å². The molecular formula is C15H30N2O2. The van der Waals surface area contributed by atoms with E-state index < -0.39 is 12.0 Å². The SMILES string of the molecule is CC(C)NC(CN1CCC(C(C)(C)C)CC1)C(=O)O. The normalized spacial score (nSPS) is 20.7. The number of aliphatic carboxylic acids is 1. The molecule has 0 saturated carbocycles. The van der Waals surface area contributed by atoms with E-state index in [1.165, 1.54) is 12.8 Å². The van der Waals surface area contributed by atoms with E-state index in [0.29, 0.717) is 12.0 Å². The fourth-order valence-electron chi connectivity index (χ4n) is 2.84. The van der Waals surface area contributed by atoms with Crippen molar-refractivity contribution in [2.75, 3.05) is 19.6 Å². The standard InChI is InChI=1S/C15H30N2O2/c1-11(2)16-13(14(18)19)10-17-8-6-12(7-9-17)15(3,4)5/h11-13,16H,6-10H2,1-5H3,(H,18,19). The van der Waals surface area contributed by atoms with Gasteiger partial charge in [-0.15, -0.1) is 0 Å². The zero-order valence-electron chi connectivity index (χ0n) is 13.1.